The normalized spacial score (nSPS) is 22.3. The van der Waals surface area contributed by atoms with Crippen molar-refractivity contribution in [2.75, 3.05) is 25.6 Å². The topological polar surface area (TPSA) is 64.4 Å². The van der Waals surface area contributed by atoms with Crippen LogP contribution in [0.5, 0.6) is 0 Å². The molecule has 0 aliphatic carbocycles. The molecule has 0 bridgehead atoms. The Hall–Kier alpha value is -0.340. The van der Waals surface area contributed by atoms with E-state index in [2.05, 4.69) is 5.10 Å². The van der Waals surface area contributed by atoms with Crippen LogP contribution in [0.25, 0.3) is 0 Å². The zero-order valence-electron chi connectivity index (χ0n) is 9.71. The molecule has 1 fully saturated rings. The summed E-state index contributed by atoms with van der Waals surface area (Å²) in [4.78, 5) is 0. The predicted molar refractivity (Wildman–Crippen MR) is 67.4 cm³/mol. The maximum Gasteiger partial charge on any atom is 0.261 e. The van der Waals surface area contributed by atoms with Crippen molar-refractivity contribution in [1.82, 2.24) is 14.1 Å². The number of alkyl halides is 1. The van der Waals surface area contributed by atoms with Gasteiger partial charge in [0.2, 0.25) is 0 Å². The Bertz CT molecular complexity index is 512. The fraction of sp³-hybridized carbons (Fsp3) is 0.667. The monoisotopic (exact) mass is 313 g/mol. The van der Waals surface area contributed by atoms with Crippen molar-refractivity contribution in [2.24, 2.45) is 7.05 Å². The second kappa shape index (κ2) is 5.34. The Morgan fingerprint density at radius 1 is 1.61 bits per heavy atom. The lowest BCUT2D eigenvalue weighted by Gasteiger charge is -2.31. The zero-order chi connectivity index (χ0) is 13.3. The molecule has 0 saturated carbocycles. The molecule has 18 heavy (non-hydrogen) atoms. The van der Waals surface area contributed by atoms with Crippen LogP contribution in [0.3, 0.4) is 0 Å². The number of rotatable bonds is 3. The summed E-state index contributed by atoms with van der Waals surface area (Å²) in [6, 6.07) is 0. The molecule has 0 spiro atoms. The van der Waals surface area contributed by atoms with Crippen molar-refractivity contribution < 1.29 is 13.2 Å². The van der Waals surface area contributed by atoms with Crippen LogP contribution < -0.4 is 0 Å². The molecular formula is C9H13Cl2N3O3S. The number of halogens is 2. The van der Waals surface area contributed by atoms with E-state index in [-0.39, 0.29) is 35.1 Å². The molecule has 1 aromatic rings. The second-order valence-corrected chi connectivity index (χ2v) is 6.50. The third-order valence-electron chi connectivity index (χ3n) is 2.70. The summed E-state index contributed by atoms with van der Waals surface area (Å²) >= 11 is 11.6. The van der Waals surface area contributed by atoms with Gasteiger partial charge < -0.3 is 4.74 Å². The molecule has 0 amide bonds. The molecule has 1 saturated heterocycles. The van der Waals surface area contributed by atoms with Crippen molar-refractivity contribution in [1.29, 1.82) is 0 Å². The van der Waals surface area contributed by atoms with E-state index in [9.17, 15) is 8.42 Å². The number of morpholine rings is 1. The summed E-state index contributed by atoms with van der Waals surface area (Å²) in [5, 5.41) is 3.95. The average molecular weight is 314 g/mol. The van der Waals surface area contributed by atoms with Gasteiger partial charge in [-0.1, -0.05) is 11.6 Å². The number of nitrogens with zero attached hydrogens (tertiary/aromatic N) is 3. The first-order valence-electron chi connectivity index (χ1n) is 5.32. The van der Waals surface area contributed by atoms with Gasteiger partial charge in [0.05, 0.1) is 23.9 Å². The smallest absolute Gasteiger partial charge is 0.261 e. The SMILES string of the molecule is Cn1ncc(Cl)c1S(=O)(=O)N1CCOC(CCl)C1. The number of sulfonamides is 1. The molecule has 1 unspecified atom stereocenters. The van der Waals surface area contributed by atoms with Gasteiger partial charge >= 0.3 is 0 Å². The zero-order valence-corrected chi connectivity index (χ0v) is 12.0. The maximum atomic E-state index is 12.4. The Kier molecular flexibility index (Phi) is 4.18. The van der Waals surface area contributed by atoms with Gasteiger partial charge in [-0.25, -0.2) is 8.42 Å². The Balaban J connectivity index is 2.31. The summed E-state index contributed by atoms with van der Waals surface area (Å²) in [7, 11) is -2.12. The van der Waals surface area contributed by atoms with Crippen molar-refractivity contribution in [3.8, 4) is 0 Å². The Labute approximate surface area is 115 Å². The highest BCUT2D eigenvalue weighted by Crippen LogP contribution is 2.25. The standard InChI is InChI=1S/C9H13Cl2N3O3S/c1-13-9(8(11)5-12-13)18(15,16)14-2-3-17-7(4-10)6-14/h5,7H,2-4,6H2,1H3. The van der Waals surface area contributed by atoms with E-state index in [0.29, 0.717) is 6.61 Å². The highest BCUT2D eigenvalue weighted by atomic mass is 35.5. The summed E-state index contributed by atoms with van der Waals surface area (Å²) in [5.41, 5.74) is 0. The van der Waals surface area contributed by atoms with Crippen LogP contribution in [0, 0.1) is 0 Å². The summed E-state index contributed by atoms with van der Waals surface area (Å²) in [6.07, 6.45) is 1.02. The lowest BCUT2D eigenvalue weighted by molar-refractivity contribution is 0.0121. The molecular weight excluding hydrogens is 301 g/mol. The number of hydrogen-bond acceptors (Lipinski definition) is 4. The van der Waals surface area contributed by atoms with E-state index >= 15 is 0 Å². The molecule has 9 heteroatoms. The van der Waals surface area contributed by atoms with E-state index in [1.807, 2.05) is 0 Å². The van der Waals surface area contributed by atoms with Crippen LogP contribution in [-0.4, -0.2) is 54.2 Å². The Morgan fingerprint density at radius 3 is 2.89 bits per heavy atom. The van der Waals surface area contributed by atoms with Gasteiger partial charge in [0.1, 0.15) is 0 Å². The van der Waals surface area contributed by atoms with Gasteiger partial charge in [-0.2, -0.15) is 9.40 Å². The fourth-order valence-corrected chi connectivity index (χ4v) is 4.06. The maximum absolute atomic E-state index is 12.4. The number of aryl methyl sites for hydroxylation is 1. The molecule has 0 N–H and O–H groups in total. The van der Waals surface area contributed by atoms with Crippen molar-refractivity contribution in [3.63, 3.8) is 0 Å². The summed E-state index contributed by atoms with van der Waals surface area (Å²) in [5.74, 6) is 0.255. The van der Waals surface area contributed by atoms with Crippen molar-refractivity contribution in [2.45, 2.75) is 11.1 Å². The molecule has 1 aliphatic rings. The van der Waals surface area contributed by atoms with E-state index in [1.165, 1.54) is 22.2 Å². The van der Waals surface area contributed by atoms with E-state index in [0.717, 1.165) is 0 Å². The fourth-order valence-electron chi connectivity index (χ4n) is 1.82. The van der Waals surface area contributed by atoms with Crippen LogP contribution in [0.1, 0.15) is 0 Å². The van der Waals surface area contributed by atoms with Gasteiger partial charge in [0.25, 0.3) is 10.0 Å². The highest BCUT2D eigenvalue weighted by Gasteiger charge is 2.34. The average Bonchev–Trinajstić information content (AvgIpc) is 2.69. The highest BCUT2D eigenvalue weighted by molar-refractivity contribution is 7.89. The molecule has 2 rings (SSSR count). The first-order chi connectivity index (χ1) is 8.46. The molecule has 102 valence electrons. The first-order valence-corrected chi connectivity index (χ1v) is 7.67. The second-order valence-electron chi connectivity index (χ2n) is 3.93. The van der Waals surface area contributed by atoms with Crippen LogP contribution in [0.4, 0.5) is 0 Å². The Morgan fingerprint density at radius 2 is 2.33 bits per heavy atom. The largest absolute Gasteiger partial charge is 0.374 e. The van der Waals surface area contributed by atoms with Gasteiger partial charge in [-0.05, 0) is 0 Å². The molecule has 0 aromatic carbocycles. The molecule has 1 atom stereocenters. The van der Waals surface area contributed by atoms with Gasteiger partial charge in [-0.3, -0.25) is 4.68 Å². The molecule has 1 aromatic heterocycles. The first kappa shape index (κ1) is 14.1. The van der Waals surface area contributed by atoms with Crippen LogP contribution in [-0.2, 0) is 21.8 Å². The number of hydrogen-bond donors (Lipinski definition) is 0. The van der Waals surface area contributed by atoms with Crippen LogP contribution >= 0.6 is 23.2 Å². The third-order valence-corrected chi connectivity index (χ3v) is 5.42. The minimum Gasteiger partial charge on any atom is -0.374 e. The van der Waals surface area contributed by atoms with Gasteiger partial charge in [0.15, 0.2) is 5.03 Å². The lowest BCUT2D eigenvalue weighted by Crippen LogP contribution is -2.46. The summed E-state index contributed by atoms with van der Waals surface area (Å²) < 4.78 is 32.8. The molecule has 6 nitrogen and oxygen atoms in total. The van der Waals surface area contributed by atoms with E-state index in [1.54, 1.807) is 0 Å². The van der Waals surface area contributed by atoms with Gasteiger partial charge in [0, 0.05) is 26.0 Å². The third kappa shape index (κ3) is 2.50. The molecule has 2 heterocycles. The van der Waals surface area contributed by atoms with E-state index in [4.69, 9.17) is 27.9 Å². The van der Waals surface area contributed by atoms with Crippen LogP contribution in [0.15, 0.2) is 11.2 Å². The van der Waals surface area contributed by atoms with Gasteiger partial charge in [-0.15, -0.1) is 11.6 Å². The minimum atomic E-state index is -3.66. The number of aromatic nitrogens is 2. The van der Waals surface area contributed by atoms with E-state index < -0.39 is 10.0 Å². The van der Waals surface area contributed by atoms with Crippen molar-refractivity contribution >= 4 is 33.2 Å². The number of ether oxygens (including phenoxy) is 1. The molecule has 0 radical (unpaired) electrons. The molecule has 1 aliphatic heterocycles. The summed E-state index contributed by atoms with van der Waals surface area (Å²) in [6.45, 7) is 0.844. The predicted octanol–water partition coefficient (Wildman–Crippen LogP) is 0.702. The lowest BCUT2D eigenvalue weighted by atomic mass is 10.3. The van der Waals surface area contributed by atoms with Crippen LogP contribution in [0.2, 0.25) is 5.02 Å². The quantitative estimate of drug-likeness (QED) is 0.771. The minimum absolute atomic E-state index is 0.000566. The van der Waals surface area contributed by atoms with Crippen molar-refractivity contribution in [3.05, 3.63) is 11.2 Å².